The van der Waals surface area contributed by atoms with Crippen LogP contribution in [0.5, 0.6) is 5.75 Å². The lowest BCUT2D eigenvalue weighted by Gasteiger charge is -2.19. The summed E-state index contributed by atoms with van der Waals surface area (Å²) in [6.07, 6.45) is 0.682. The van der Waals surface area contributed by atoms with E-state index in [1.807, 2.05) is 7.05 Å². The number of imide groups is 1. The fraction of sp³-hybridized carbons (Fsp3) is 0.300. The fourth-order valence-corrected chi connectivity index (χ4v) is 2.93. The molecular weight excluding hydrogens is 335 g/mol. The third-order valence-electron chi connectivity index (χ3n) is 4.34. The summed E-state index contributed by atoms with van der Waals surface area (Å²) in [6.45, 7) is 2.22. The maximum atomic E-state index is 13.1. The first-order valence-corrected chi connectivity index (χ1v) is 8.58. The third kappa shape index (κ3) is 4.08. The highest BCUT2D eigenvalue weighted by Gasteiger charge is 2.34. The Morgan fingerprint density at radius 2 is 1.69 bits per heavy atom. The highest BCUT2D eigenvalue weighted by Crippen LogP contribution is 2.22. The lowest BCUT2D eigenvalue weighted by molar-refractivity contribution is 0.0647. The van der Waals surface area contributed by atoms with E-state index in [-0.39, 0.29) is 17.6 Å². The smallest absolute Gasteiger partial charge is 0.261 e. The molecule has 1 aliphatic heterocycles. The second kappa shape index (κ2) is 8.10. The summed E-state index contributed by atoms with van der Waals surface area (Å²) in [6, 6.07) is 12.9. The van der Waals surface area contributed by atoms with Gasteiger partial charge in [-0.05, 0) is 44.3 Å². The van der Waals surface area contributed by atoms with Crippen LogP contribution in [0.2, 0.25) is 0 Å². The van der Waals surface area contributed by atoms with Crippen LogP contribution in [0.4, 0.5) is 4.39 Å². The van der Waals surface area contributed by atoms with Crippen LogP contribution in [0.1, 0.15) is 27.1 Å². The summed E-state index contributed by atoms with van der Waals surface area (Å²) in [5.74, 6) is -0.258. The Labute approximate surface area is 152 Å². The lowest BCUT2D eigenvalue weighted by Crippen LogP contribution is -2.33. The topological polar surface area (TPSA) is 49.9 Å². The SMILES string of the molecule is CN(CCCN1C(=O)c2ccccc2C1=O)CCOc1cccc(F)c1. The zero-order chi connectivity index (χ0) is 18.5. The highest BCUT2D eigenvalue weighted by molar-refractivity contribution is 6.21. The number of hydrogen-bond acceptors (Lipinski definition) is 4. The van der Waals surface area contributed by atoms with Crippen molar-refractivity contribution in [2.75, 3.05) is 33.3 Å². The number of fused-ring (bicyclic) bond motifs is 1. The molecule has 1 aliphatic rings. The first-order chi connectivity index (χ1) is 12.6. The minimum Gasteiger partial charge on any atom is -0.492 e. The number of ether oxygens (including phenoxy) is 1. The van der Waals surface area contributed by atoms with Crippen molar-refractivity contribution in [1.82, 2.24) is 9.80 Å². The maximum absolute atomic E-state index is 13.1. The first-order valence-electron chi connectivity index (χ1n) is 8.58. The van der Waals surface area contributed by atoms with E-state index >= 15 is 0 Å². The summed E-state index contributed by atoms with van der Waals surface area (Å²) >= 11 is 0. The predicted molar refractivity (Wildman–Crippen MR) is 95.8 cm³/mol. The van der Waals surface area contributed by atoms with Gasteiger partial charge in [-0.3, -0.25) is 14.5 Å². The van der Waals surface area contributed by atoms with E-state index in [2.05, 4.69) is 4.90 Å². The number of hydrogen-bond donors (Lipinski definition) is 0. The monoisotopic (exact) mass is 356 g/mol. The molecule has 26 heavy (non-hydrogen) atoms. The van der Waals surface area contributed by atoms with Crippen molar-refractivity contribution < 1.29 is 18.7 Å². The summed E-state index contributed by atoms with van der Waals surface area (Å²) in [5, 5.41) is 0. The van der Waals surface area contributed by atoms with Crippen molar-refractivity contribution in [3.63, 3.8) is 0 Å². The van der Waals surface area contributed by atoms with E-state index in [1.54, 1.807) is 36.4 Å². The Balaban J connectivity index is 1.40. The Kier molecular flexibility index (Phi) is 5.63. The minimum absolute atomic E-state index is 0.220. The van der Waals surface area contributed by atoms with E-state index in [1.165, 1.54) is 17.0 Å². The van der Waals surface area contributed by atoms with Crippen LogP contribution in [-0.4, -0.2) is 54.9 Å². The number of benzene rings is 2. The summed E-state index contributed by atoms with van der Waals surface area (Å²) < 4.78 is 18.6. The molecule has 0 saturated carbocycles. The number of halogens is 1. The molecule has 2 aromatic rings. The minimum atomic E-state index is -0.322. The molecule has 0 saturated heterocycles. The number of likely N-dealkylation sites (N-methyl/N-ethyl adjacent to an activating group) is 1. The molecule has 0 fully saturated rings. The van der Waals surface area contributed by atoms with Crippen LogP contribution in [0.15, 0.2) is 48.5 Å². The van der Waals surface area contributed by atoms with Crippen molar-refractivity contribution >= 4 is 11.8 Å². The van der Waals surface area contributed by atoms with Gasteiger partial charge < -0.3 is 9.64 Å². The Hall–Kier alpha value is -2.73. The van der Waals surface area contributed by atoms with Gasteiger partial charge in [-0.1, -0.05) is 18.2 Å². The average Bonchev–Trinajstić information content (AvgIpc) is 2.87. The standard InChI is InChI=1S/C20H21FN2O3/c1-22(12-13-26-16-7-4-6-15(21)14-16)10-5-11-23-19(24)17-8-2-3-9-18(17)20(23)25/h2-4,6-9,14H,5,10-13H2,1H3. The zero-order valence-electron chi connectivity index (χ0n) is 14.7. The summed E-state index contributed by atoms with van der Waals surface area (Å²) in [7, 11) is 1.94. The van der Waals surface area contributed by atoms with Gasteiger partial charge in [-0.2, -0.15) is 0 Å². The van der Waals surface area contributed by atoms with Gasteiger partial charge in [0.05, 0.1) is 11.1 Å². The number of nitrogens with zero attached hydrogens (tertiary/aromatic N) is 2. The largest absolute Gasteiger partial charge is 0.492 e. The summed E-state index contributed by atoms with van der Waals surface area (Å²) in [5.41, 5.74) is 0.962. The van der Waals surface area contributed by atoms with Crippen molar-refractivity contribution in [3.8, 4) is 5.75 Å². The molecule has 1 heterocycles. The number of amides is 2. The van der Waals surface area contributed by atoms with Crippen molar-refractivity contribution in [1.29, 1.82) is 0 Å². The van der Waals surface area contributed by atoms with Gasteiger partial charge in [0.1, 0.15) is 18.2 Å². The molecule has 0 spiro atoms. The molecule has 0 aliphatic carbocycles. The molecule has 0 unspecified atom stereocenters. The van der Waals surface area contributed by atoms with Gasteiger partial charge in [0, 0.05) is 19.2 Å². The van der Waals surface area contributed by atoms with E-state index in [4.69, 9.17) is 4.74 Å². The zero-order valence-corrected chi connectivity index (χ0v) is 14.7. The molecule has 2 aromatic carbocycles. The predicted octanol–water partition coefficient (Wildman–Crippen LogP) is 2.82. The Bertz CT molecular complexity index is 774. The van der Waals surface area contributed by atoms with Gasteiger partial charge in [0.25, 0.3) is 11.8 Å². The van der Waals surface area contributed by atoms with Crippen LogP contribution in [-0.2, 0) is 0 Å². The second-order valence-corrected chi connectivity index (χ2v) is 6.27. The third-order valence-corrected chi connectivity index (χ3v) is 4.34. The molecular formula is C20H21FN2O3. The molecule has 0 bridgehead atoms. The van der Waals surface area contributed by atoms with E-state index < -0.39 is 0 Å². The van der Waals surface area contributed by atoms with Crippen molar-refractivity contribution in [3.05, 3.63) is 65.5 Å². The molecule has 3 rings (SSSR count). The normalized spacial score (nSPS) is 13.4. The molecule has 136 valence electrons. The van der Waals surface area contributed by atoms with Crippen molar-refractivity contribution in [2.45, 2.75) is 6.42 Å². The van der Waals surface area contributed by atoms with Gasteiger partial charge in [-0.15, -0.1) is 0 Å². The van der Waals surface area contributed by atoms with Gasteiger partial charge in [0.15, 0.2) is 0 Å². The summed E-state index contributed by atoms with van der Waals surface area (Å²) in [4.78, 5) is 27.9. The molecule has 0 aromatic heterocycles. The molecule has 6 heteroatoms. The molecule has 0 radical (unpaired) electrons. The molecule has 0 atom stereocenters. The van der Waals surface area contributed by atoms with E-state index in [0.717, 1.165) is 6.54 Å². The van der Waals surface area contributed by atoms with E-state index in [9.17, 15) is 14.0 Å². The van der Waals surface area contributed by atoms with Crippen LogP contribution in [0.25, 0.3) is 0 Å². The second-order valence-electron chi connectivity index (χ2n) is 6.27. The lowest BCUT2D eigenvalue weighted by atomic mass is 10.1. The van der Waals surface area contributed by atoms with Gasteiger partial charge in [-0.25, -0.2) is 4.39 Å². The highest BCUT2D eigenvalue weighted by atomic mass is 19.1. The quantitative estimate of drug-likeness (QED) is 0.683. The molecule has 5 nitrogen and oxygen atoms in total. The van der Waals surface area contributed by atoms with Gasteiger partial charge in [0.2, 0.25) is 0 Å². The number of rotatable bonds is 8. The molecule has 0 N–H and O–H groups in total. The van der Waals surface area contributed by atoms with Crippen LogP contribution >= 0.6 is 0 Å². The average molecular weight is 356 g/mol. The Morgan fingerprint density at radius 3 is 2.35 bits per heavy atom. The van der Waals surface area contributed by atoms with Crippen LogP contribution < -0.4 is 4.74 Å². The molecule has 2 amide bonds. The fourth-order valence-electron chi connectivity index (χ4n) is 2.93. The number of carbonyl (C=O) groups is 2. The first kappa shape index (κ1) is 18.1. The van der Waals surface area contributed by atoms with Gasteiger partial charge >= 0.3 is 0 Å². The Morgan fingerprint density at radius 1 is 1.00 bits per heavy atom. The van der Waals surface area contributed by atoms with Crippen LogP contribution in [0, 0.1) is 5.82 Å². The number of carbonyl (C=O) groups excluding carboxylic acids is 2. The van der Waals surface area contributed by atoms with Crippen molar-refractivity contribution in [2.24, 2.45) is 0 Å². The van der Waals surface area contributed by atoms with E-state index in [0.29, 0.717) is 43.0 Å². The maximum Gasteiger partial charge on any atom is 0.261 e. The van der Waals surface area contributed by atoms with Crippen LogP contribution in [0.3, 0.4) is 0 Å².